The Morgan fingerprint density at radius 2 is 1.84 bits per heavy atom. The molecule has 0 spiro atoms. The summed E-state index contributed by atoms with van der Waals surface area (Å²) in [7, 11) is 0. The van der Waals surface area contributed by atoms with Gasteiger partial charge in [-0.3, -0.25) is 4.79 Å². The molecule has 3 aromatic rings. The lowest BCUT2D eigenvalue weighted by molar-refractivity contribution is -0.688. The largest absolute Gasteiger partial charge is 0.388 e. The van der Waals surface area contributed by atoms with Gasteiger partial charge in [-0.1, -0.05) is 30.3 Å². The number of fused-ring (bicyclic) bond motifs is 1. The van der Waals surface area contributed by atoms with Gasteiger partial charge in [-0.2, -0.15) is 0 Å². The molecular weight excluding hydrogens is 312 g/mol. The van der Waals surface area contributed by atoms with E-state index in [9.17, 15) is 9.90 Å². The van der Waals surface area contributed by atoms with E-state index in [0.717, 1.165) is 18.7 Å². The van der Waals surface area contributed by atoms with Crippen molar-refractivity contribution in [1.82, 2.24) is 4.57 Å². The maximum atomic E-state index is 12.6. The Bertz CT molecular complexity index is 868. The molecule has 1 aromatic carbocycles. The normalized spacial score (nSPS) is 18.0. The van der Waals surface area contributed by atoms with Crippen LogP contribution in [0.25, 0.3) is 0 Å². The van der Waals surface area contributed by atoms with Crippen LogP contribution in [0.2, 0.25) is 0 Å². The zero-order valence-electron chi connectivity index (χ0n) is 14.0. The van der Waals surface area contributed by atoms with Gasteiger partial charge in [-0.05, 0) is 24.1 Å². The van der Waals surface area contributed by atoms with E-state index in [1.165, 1.54) is 5.56 Å². The molecule has 126 valence electrons. The third kappa shape index (κ3) is 3.13. The van der Waals surface area contributed by atoms with E-state index in [-0.39, 0.29) is 11.7 Å². The lowest BCUT2D eigenvalue weighted by Crippen LogP contribution is -2.34. The minimum absolute atomic E-state index is 0.0322. The predicted molar refractivity (Wildman–Crippen MR) is 94.0 cm³/mol. The lowest BCUT2D eigenvalue weighted by atomic mass is 9.86. The predicted octanol–water partition coefficient (Wildman–Crippen LogP) is 2.76. The maximum Gasteiger partial charge on any atom is 0.185 e. The molecule has 25 heavy (non-hydrogen) atoms. The summed E-state index contributed by atoms with van der Waals surface area (Å²) >= 11 is 0. The van der Waals surface area contributed by atoms with Crippen LogP contribution < -0.4 is 4.57 Å². The summed E-state index contributed by atoms with van der Waals surface area (Å²) in [4.78, 5) is 12.6. The molecule has 4 heteroatoms. The molecule has 3 heterocycles. The summed E-state index contributed by atoms with van der Waals surface area (Å²) in [6.45, 7) is 1.56. The zero-order chi connectivity index (χ0) is 17.2. The Hall–Kier alpha value is -2.72. The molecule has 1 aliphatic rings. The average Bonchev–Trinajstić information content (AvgIpc) is 3.13. The molecule has 0 amide bonds. The van der Waals surface area contributed by atoms with E-state index >= 15 is 0 Å². The van der Waals surface area contributed by atoms with E-state index in [4.69, 9.17) is 0 Å². The number of ketones is 1. The van der Waals surface area contributed by atoms with Gasteiger partial charge in [0.25, 0.3) is 0 Å². The number of rotatable bonds is 4. The van der Waals surface area contributed by atoms with Crippen LogP contribution in [0.4, 0.5) is 0 Å². The molecule has 2 atom stereocenters. The highest BCUT2D eigenvalue weighted by Gasteiger charge is 2.33. The lowest BCUT2D eigenvalue weighted by Gasteiger charge is -2.27. The van der Waals surface area contributed by atoms with Crippen molar-refractivity contribution in [2.45, 2.75) is 25.6 Å². The van der Waals surface area contributed by atoms with Crippen LogP contribution in [0.1, 0.15) is 34.1 Å². The topological polar surface area (TPSA) is 46.1 Å². The first-order valence-electron chi connectivity index (χ1n) is 8.63. The third-order valence-electron chi connectivity index (χ3n) is 4.95. The SMILES string of the molecule is O=C1c2cccn2CC[C@H]1[C@@H](O)c1cc[n+](Cc2ccccc2)cc1. The zero-order valence-corrected chi connectivity index (χ0v) is 14.0. The molecule has 0 bridgehead atoms. The van der Waals surface area contributed by atoms with Crippen molar-refractivity contribution >= 4 is 5.78 Å². The van der Waals surface area contributed by atoms with Crippen molar-refractivity contribution in [2.75, 3.05) is 0 Å². The second-order valence-electron chi connectivity index (χ2n) is 6.58. The number of benzene rings is 1. The van der Waals surface area contributed by atoms with E-state index in [0.29, 0.717) is 12.1 Å². The van der Waals surface area contributed by atoms with Gasteiger partial charge >= 0.3 is 0 Å². The summed E-state index contributed by atoms with van der Waals surface area (Å²) in [6, 6.07) is 17.8. The molecule has 0 radical (unpaired) electrons. The fourth-order valence-electron chi connectivity index (χ4n) is 3.53. The van der Waals surface area contributed by atoms with Crippen molar-refractivity contribution in [3.05, 3.63) is 90.0 Å². The first-order valence-corrected chi connectivity index (χ1v) is 8.63. The van der Waals surface area contributed by atoms with Gasteiger partial charge in [0.05, 0.1) is 17.7 Å². The van der Waals surface area contributed by atoms with Gasteiger partial charge in [0.2, 0.25) is 0 Å². The molecule has 0 saturated carbocycles. The number of aromatic nitrogens is 2. The monoisotopic (exact) mass is 333 g/mol. The summed E-state index contributed by atoms with van der Waals surface area (Å²) in [6.07, 6.45) is 5.75. The number of aryl methyl sites for hydroxylation is 1. The number of nitrogens with zero attached hydrogens (tertiary/aromatic N) is 2. The summed E-state index contributed by atoms with van der Waals surface area (Å²) in [5.41, 5.74) is 2.72. The molecule has 4 nitrogen and oxygen atoms in total. The van der Waals surface area contributed by atoms with Crippen molar-refractivity contribution in [3.8, 4) is 0 Å². The molecular formula is C21H21N2O2+. The van der Waals surface area contributed by atoms with Crippen LogP contribution in [0.3, 0.4) is 0 Å². The number of hydrogen-bond donors (Lipinski definition) is 1. The minimum Gasteiger partial charge on any atom is -0.388 e. The third-order valence-corrected chi connectivity index (χ3v) is 4.95. The van der Waals surface area contributed by atoms with Crippen LogP contribution in [0.15, 0.2) is 73.2 Å². The molecule has 4 rings (SSSR count). The van der Waals surface area contributed by atoms with E-state index in [1.807, 2.05) is 65.6 Å². The Morgan fingerprint density at radius 1 is 1.08 bits per heavy atom. The molecule has 0 saturated heterocycles. The fraction of sp³-hybridized carbons (Fsp3) is 0.238. The second kappa shape index (κ2) is 6.65. The van der Waals surface area contributed by atoms with Gasteiger partial charge in [0, 0.05) is 30.4 Å². The highest BCUT2D eigenvalue weighted by molar-refractivity contribution is 5.97. The van der Waals surface area contributed by atoms with Crippen LogP contribution in [0.5, 0.6) is 0 Å². The van der Waals surface area contributed by atoms with Gasteiger partial charge in [-0.15, -0.1) is 0 Å². The Labute approximate surface area is 147 Å². The van der Waals surface area contributed by atoms with Gasteiger partial charge in [0.15, 0.2) is 24.7 Å². The van der Waals surface area contributed by atoms with E-state index < -0.39 is 6.10 Å². The Morgan fingerprint density at radius 3 is 2.60 bits per heavy atom. The first-order chi connectivity index (χ1) is 12.2. The maximum absolute atomic E-state index is 12.6. The van der Waals surface area contributed by atoms with Crippen molar-refractivity contribution in [1.29, 1.82) is 0 Å². The van der Waals surface area contributed by atoms with Crippen molar-refractivity contribution in [3.63, 3.8) is 0 Å². The number of pyridine rings is 1. The molecule has 0 unspecified atom stereocenters. The second-order valence-corrected chi connectivity index (χ2v) is 6.58. The standard InChI is InChI=1S/C21H21N2O2/c24-20(18-10-14-23-11-4-7-19(23)21(18)25)17-8-12-22(13-9-17)15-16-5-2-1-3-6-16/h1-9,11-13,18,20,24H,10,14-15H2/q+1/t18-,20-/m0/s1. The van der Waals surface area contributed by atoms with E-state index in [2.05, 4.69) is 16.7 Å². The van der Waals surface area contributed by atoms with E-state index in [1.54, 1.807) is 0 Å². The van der Waals surface area contributed by atoms with Crippen LogP contribution in [0, 0.1) is 5.92 Å². The number of carbonyl (C=O) groups is 1. The number of carbonyl (C=O) groups excluding carboxylic acids is 1. The van der Waals surface area contributed by atoms with Crippen molar-refractivity contribution in [2.24, 2.45) is 5.92 Å². The molecule has 1 aliphatic heterocycles. The van der Waals surface area contributed by atoms with Crippen LogP contribution in [-0.2, 0) is 13.1 Å². The minimum atomic E-state index is -0.762. The number of Topliss-reactive ketones (excluding diaryl/α,β-unsaturated/α-hetero) is 1. The highest BCUT2D eigenvalue weighted by atomic mass is 16.3. The van der Waals surface area contributed by atoms with Gasteiger partial charge < -0.3 is 9.67 Å². The molecule has 0 fully saturated rings. The Balaban J connectivity index is 1.49. The van der Waals surface area contributed by atoms with Crippen molar-refractivity contribution < 1.29 is 14.5 Å². The van der Waals surface area contributed by atoms with Gasteiger partial charge in [0.1, 0.15) is 0 Å². The summed E-state index contributed by atoms with van der Waals surface area (Å²) < 4.78 is 4.03. The molecule has 1 N–H and O–H groups in total. The quantitative estimate of drug-likeness (QED) is 0.746. The summed E-state index contributed by atoms with van der Waals surface area (Å²) in [5.74, 6) is -0.336. The van der Waals surface area contributed by atoms with Crippen LogP contribution >= 0.6 is 0 Å². The number of hydrogen-bond acceptors (Lipinski definition) is 2. The number of aliphatic hydroxyl groups is 1. The first kappa shape index (κ1) is 15.8. The van der Waals surface area contributed by atoms with Gasteiger partial charge in [-0.25, -0.2) is 4.57 Å². The highest BCUT2D eigenvalue weighted by Crippen LogP contribution is 2.31. The fourth-order valence-corrected chi connectivity index (χ4v) is 3.53. The average molecular weight is 333 g/mol. The number of aliphatic hydroxyl groups excluding tert-OH is 1. The van der Waals surface area contributed by atoms with Crippen LogP contribution in [-0.4, -0.2) is 15.5 Å². The Kier molecular flexibility index (Phi) is 4.20. The smallest absolute Gasteiger partial charge is 0.185 e. The summed E-state index contributed by atoms with van der Waals surface area (Å²) in [5, 5.41) is 10.7. The molecule has 0 aliphatic carbocycles. The molecule has 2 aromatic heterocycles.